The molecule has 1 amide bonds. The van der Waals surface area contributed by atoms with E-state index in [4.69, 9.17) is 0 Å². The van der Waals surface area contributed by atoms with Gasteiger partial charge in [0.05, 0.1) is 11.5 Å². The number of hydrogen-bond acceptors (Lipinski definition) is 5. The van der Waals surface area contributed by atoms with Gasteiger partial charge >= 0.3 is 0 Å². The molecule has 0 bridgehead atoms. The number of nitrogens with one attached hydrogen (secondary N) is 1. The topological polar surface area (TPSA) is 93.0 Å². The van der Waals surface area contributed by atoms with Crippen LogP contribution in [0.4, 0.5) is 5.00 Å². The molecule has 0 saturated carbocycles. The number of carboxylic acid groups (broad SMARTS) is 1. The largest absolute Gasteiger partial charge is 0.550 e. The summed E-state index contributed by atoms with van der Waals surface area (Å²) >= 11 is 1.47. The van der Waals surface area contributed by atoms with E-state index in [1.54, 1.807) is 6.08 Å². The Balaban J connectivity index is 1.83. The number of amides is 1. The summed E-state index contributed by atoms with van der Waals surface area (Å²) in [5, 5.41) is 24.4. The van der Waals surface area contributed by atoms with Crippen LogP contribution in [0.5, 0.6) is 0 Å². The number of carbonyl (C=O) groups is 2. The molecule has 3 atom stereocenters. The van der Waals surface area contributed by atoms with Crippen molar-refractivity contribution in [2.24, 2.45) is 23.2 Å². The zero-order valence-corrected chi connectivity index (χ0v) is 16.8. The highest BCUT2D eigenvalue weighted by Gasteiger charge is 2.34. The number of carboxylic acids is 1. The van der Waals surface area contributed by atoms with Crippen LogP contribution in [0, 0.1) is 34.5 Å². The third-order valence-electron chi connectivity index (χ3n) is 5.91. The van der Waals surface area contributed by atoms with Crippen LogP contribution in [0.25, 0.3) is 0 Å². The molecule has 0 saturated heterocycles. The number of nitrogens with zero attached hydrogens (tertiary/aromatic N) is 1. The minimum absolute atomic E-state index is 0.202. The summed E-state index contributed by atoms with van der Waals surface area (Å²) in [5.74, 6) is -2.47. The number of rotatable bonds is 3. The summed E-state index contributed by atoms with van der Waals surface area (Å²) in [6, 6.07) is 2.25. The molecule has 27 heavy (non-hydrogen) atoms. The van der Waals surface area contributed by atoms with Gasteiger partial charge in [-0.3, -0.25) is 4.79 Å². The van der Waals surface area contributed by atoms with E-state index in [1.165, 1.54) is 16.2 Å². The standard InChI is InChI=1S/C21H26N2O3S/c1-21(2,3)12-8-9-13-16(11-22)19(27-17(13)10-12)23-18(24)14-6-4-5-7-15(14)20(25)26/h4-5,12,14-15H,6-10H2,1-3H3,(H,23,24)(H,25,26)/p-1/t12-,14+,15+/m1/s1. The normalized spacial score (nSPS) is 24.7. The first-order chi connectivity index (χ1) is 12.7. The van der Waals surface area contributed by atoms with E-state index in [0.29, 0.717) is 29.3 Å². The van der Waals surface area contributed by atoms with Crippen LogP contribution in [0.1, 0.15) is 56.0 Å². The third kappa shape index (κ3) is 3.93. The van der Waals surface area contributed by atoms with Gasteiger partial charge in [0, 0.05) is 16.8 Å². The Labute approximate surface area is 164 Å². The highest BCUT2D eigenvalue weighted by Crippen LogP contribution is 2.44. The Morgan fingerprint density at radius 1 is 1.26 bits per heavy atom. The van der Waals surface area contributed by atoms with E-state index >= 15 is 0 Å². The highest BCUT2D eigenvalue weighted by atomic mass is 32.1. The van der Waals surface area contributed by atoms with Crippen LogP contribution in [0.3, 0.4) is 0 Å². The van der Waals surface area contributed by atoms with Crippen molar-refractivity contribution in [2.45, 2.75) is 52.9 Å². The number of carbonyl (C=O) groups excluding carboxylic acids is 2. The van der Waals surface area contributed by atoms with Gasteiger partial charge < -0.3 is 15.2 Å². The molecular weight excluding hydrogens is 360 g/mol. The van der Waals surface area contributed by atoms with Crippen molar-refractivity contribution < 1.29 is 14.7 Å². The van der Waals surface area contributed by atoms with Crippen LogP contribution in [-0.2, 0) is 22.4 Å². The first-order valence-electron chi connectivity index (χ1n) is 9.43. The third-order valence-corrected chi connectivity index (χ3v) is 7.08. The lowest BCUT2D eigenvalue weighted by Crippen LogP contribution is -2.41. The van der Waals surface area contributed by atoms with E-state index < -0.39 is 17.8 Å². The molecule has 0 spiro atoms. The van der Waals surface area contributed by atoms with E-state index in [0.717, 1.165) is 24.8 Å². The maximum Gasteiger partial charge on any atom is 0.229 e. The van der Waals surface area contributed by atoms with Gasteiger partial charge in [0.2, 0.25) is 5.91 Å². The molecule has 1 aromatic rings. The van der Waals surface area contributed by atoms with Gasteiger partial charge in [-0.15, -0.1) is 11.3 Å². The molecule has 1 heterocycles. The van der Waals surface area contributed by atoms with Crippen molar-refractivity contribution in [2.75, 3.05) is 5.32 Å². The van der Waals surface area contributed by atoms with Crippen molar-refractivity contribution in [3.05, 3.63) is 28.2 Å². The van der Waals surface area contributed by atoms with Gasteiger partial charge in [0.15, 0.2) is 0 Å². The Bertz CT molecular complexity index is 826. The van der Waals surface area contributed by atoms with Gasteiger partial charge in [-0.2, -0.15) is 5.26 Å². The number of anilines is 1. The van der Waals surface area contributed by atoms with E-state index in [9.17, 15) is 20.0 Å². The quantitative estimate of drug-likeness (QED) is 0.809. The summed E-state index contributed by atoms with van der Waals surface area (Å²) in [4.78, 5) is 25.3. The second-order valence-corrected chi connectivity index (χ2v) is 9.69. The van der Waals surface area contributed by atoms with E-state index in [2.05, 4.69) is 32.2 Å². The Hall–Kier alpha value is -2.13. The Kier molecular flexibility index (Phi) is 5.43. The fraction of sp³-hybridized carbons (Fsp3) is 0.571. The van der Waals surface area contributed by atoms with E-state index in [-0.39, 0.29) is 11.3 Å². The molecule has 5 nitrogen and oxygen atoms in total. The van der Waals surface area contributed by atoms with Crippen molar-refractivity contribution in [1.29, 1.82) is 5.26 Å². The molecule has 3 rings (SSSR count). The minimum Gasteiger partial charge on any atom is -0.550 e. The smallest absolute Gasteiger partial charge is 0.229 e. The molecule has 144 valence electrons. The van der Waals surface area contributed by atoms with Crippen molar-refractivity contribution >= 4 is 28.2 Å². The van der Waals surface area contributed by atoms with Gasteiger partial charge in [-0.1, -0.05) is 32.9 Å². The average molecular weight is 386 g/mol. The molecule has 0 fully saturated rings. The zero-order valence-electron chi connectivity index (χ0n) is 16.0. The molecule has 1 N–H and O–H groups in total. The number of fused-ring (bicyclic) bond motifs is 1. The van der Waals surface area contributed by atoms with E-state index in [1.807, 2.05) is 6.08 Å². The molecule has 0 aliphatic heterocycles. The lowest BCUT2D eigenvalue weighted by molar-refractivity contribution is -0.313. The molecule has 2 aliphatic rings. The van der Waals surface area contributed by atoms with Crippen LogP contribution in [0.2, 0.25) is 0 Å². The zero-order chi connectivity index (χ0) is 19.8. The molecule has 6 heteroatoms. The summed E-state index contributed by atoms with van der Waals surface area (Å²) in [6.45, 7) is 6.71. The molecule has 1 aromatic heterocycles. The molecule has 0 unspecified atom stereocenters. The monoisotopic (exact) mass is 385 g/mol. The lowest BCUT2D eigenvalue weighted by Gasteiger charge is -2.33. The summed E-state index contributed by atoms with van der Waals surface area (Å²) in [5.41, 5.74) is 1.80. The number of allylic oxidation sites excluding steroid dienone is 2. The first kappa shape index (κ1) is 19.6. The molecule has 0 aromatic carbocycles. The fourth-order valence-electron chi connectivity index (χ4n) is 4.10. The summed E-state index contributed by atoms with van der Waals surface area (Å²) in [6.07, 6.45) is 7.10. The number of nitriles is 1. The van der Waals surface area contributed by atoms with Crippen molar-refractivity contribution in [3.8, 4) is 6.07 Å². The van der Waals surface area contributed by atoms with Gasteiger partial charge in [-0.05, 0) is 49.0 Å². The maximum atomic E-state index is 12.7. The predicted molar refractivity (Wildman–Crippen MR) is 103 cm³/mol. The van der Waals surface area contributed by atoms with Crippen LogP contribution < -0.4 is 10.4 Å². The molecule has 0 radical (unpaired) electrons. The Morgan fingerprint density at radius 2 is 1.93 bits per heavy atom. The van der Waals surface area contributed by atoms with Gasteiger partial charge in [0.1, 0.15) is 11.1 Å². The first-order valence-corrected chi connectivity index (χ1v) is 10.3. The lowest BCUT2D eigenvalue weighted by atomic mass is 9.72. The summed E-state index contributed by atoms with van der Waals surface area (Å²) in [7, 11) is 0. The number of thiophene rings is 1. The Morgan fingerprint density at radius 3 is 2.52 bits per heavy atom. The van der Waals surface area contributed by atoms with Crippen molar-refractivity contribution in [1.82, 2.24) is 0 Å². The second-order valence-electron chi connectivity index (χ2n) is 8.59. The second kappa shape index (κ2) is 7.47. The average Bonchev–Trinajstić information content (AvgIpc) is 2.96. The molecular formula is C21H25N2O3S-. The maximum absolute atomic E-state index is 12.7. The number of aliphatic carboxylic acids is 1. The number of hydrogen-bond donors (Lipinski definition) is 1. The summed E-state index contributed by atoms with van der Waals surface area (Å²) < 4.78 is 0. The minimum atomic E-state index is -1.20. The van der Waals surface area contributed by atoms with Gasteiger partial charge in [-0.25, -0.2) is 0 Å². The molecule has 2 aliphatic carbocycles. The SMILES string of the molecule is CC(C)(C)[C@@H]1CCc2c(sc(NC(=O)[C@H]3CC=CC[C@@H]3C(=O)[O-])c2C#N)C1. The van der Waals surface area contributed by atoms with Gasteiger partial charge in [0.25, 0.3) is 0 Å². The van der Waals surface area contributed by atoms with Crippen LogP contribution in [0.15, 0.2) is 12.2 Å². The van der Waals surface area contributed by atoms with Crippen molar-refractivity contribution in [3.63, 3.8) is 0 Å². The van der Waals surface area contributed by atoms with Crippen LogP contribution >= 0.6 is 11.3 Å². The predicted octanol–water partition coefficient (Wildman–Crippen LogP) is 3.04. The fourth-order valence-corrected chi connectivity index (χ4v) is 5.38. The highest BCUT2D eigenvalue weighted by molar-refractivity contribution is 7.16. The van der Waals surface area contributed by atoms with Crippen LogP contribution in [-0.4, -0.2) is 11.9 Å².